The molecular formula is C36H65O18-. The second-order valence-corrected chi connectivity index (χ2v) is 14.1. The highest BCUT2D eigenvalue weighted by Gasteiger charge is 2.58. The molecule has 18 heteroatoms. The van der Waals surface area contributed by atoms with Crippen LogP contribution in [0.3, 0.4) is 0 Å². The van der Waals surface area contributed by atoms with Crippen LogP contribution >= 0.6 is 0 Å². The van der Waals surface area contributed by atoms with E-state index in [4.69, 9.17) is 23.7 Å². The van der Waals surface area contributed by atoms with Gasteiger partial charge >= 0.3 is 0 Å². The third-order valence-electron chi connectivity index (χ3n) is 9.81. The van der Waals surface area contributed by atoms with Gasteiger partial charge in [0, 0.05) is 5.97 Å². The highest BCUT2D eigenvalue weighted by atomic mass is 16.8. The lowest BCUT2D eigenvalue weighted by Gasteiger charge is -2.44. The van der Waals surface area contributed by atoms with Gasteiger partial charge in [-0.05, 0) is 38.5 Å². The Hall–Kier alpha value is -1.43. The van der Waals surface area contributed by atoms with Crippen LogP contribution in [0, 0.1) is 0 Å². The second-order valence-electron chi connectivity index (χ2n) is 14.1. The van der Waals surface area contributed by atoms with Gasteiger partial charge in [-0.2, -0.15) is 0 Å². The number of ether oxygens (including phenoxy) is 5. The summed E-state index contributed by atoms with van der Waals surface area (Å²) in [4.78, 5) is 10.2. The first kappa shape index (κ1) is 48.7. The predicted molar refractivity (Wildman–Crippen MR) is 186 cm³/mol. The number of unbranched alkanes of at least 4 members (excludes halogenated alkanes) is 11. The fourth-order valence-electron chi connectivity index (χ4n) is 6.35. The molecule has 3 heterocycles. The van der Waals surface area contributed by atoms with E-state index in [9.17, 15) is 66.1 Å². The molecule has 0 radical (unpaired) electrons. The van der Waals surface area contributed by atoms with E-state index in [0.29, 0.717) is 0 Å². The van der Waals surface area contributed by atoms with Gasteiger partial charge in [-0.15, -0.1) is 0 Å². The maximum atomic E-state index is 10.3. The molecule has 11 N–H and O–H groups in total. The van der Waals surface area contributed by atoms with Gasteiger partial charge in [0.15, 0.2) is 12.6 Å². The van der Waals surface area contributed by atoms with Crippen molar-refractivity contribution in [3.05, 3.63) is 12.2 Å². The molecule has 0 aromatic rings. The molecule has 3 saturated heterocycles. The van der Waals surface area contributed by atoms with E-state index in [1.165, 1.54) is 64.2 Å². The molecule has 0 saturated carbocycles. The first-order valence-corrected chi connectivity index (χ1v) is 19.2. The molecule has 3 aliphatic rings. The summed E-state index contributed by atoms with van der Waals surface area (Å²) >= 11 is 0. The summed E-state index contributed by atoms with van der Waals surface area (Å²) in [6.07, 6.45) is -0.872. The molecule has 0 bridgehead atoms. The molecule has 14 atom stereocenters. The molecular weight excluding hydrogens is 720 g/mol. The molecule has 0 aromatic heterocycles. The Labute approximate surface area is 316 Å². The standard InChI is InChI=1S/C18H32O16.C18H34O2/c19-1-5-8(22)11(25)13(27)16(31-5)30-3-7-9(23)12(26)14(28)17(32-7)34-18(4-21)15(29)10(24)6(2-20)33-18;1-2-3-4-5-6-7-8-9-10-11-12-13-14-15-16-17-18(19)20/h5-17,19-29H,1-4H2;9-10H,2-8,11-17H2,1H3,(H,19,20)/p-1/b;10-9-/t5-,6-,7-,8+,9-,10-,11+,12+,13-,14-,15+,16+,17-,18+;/m1./s1. The van der Waals surface area contributed by atoms with Gasteiger partial charge in [-0.25, -0.2) is 0 Å². The molecule has 3 rings (SSSR count). The van der Waals surface area contributed by atoms with Gasteiger partial charge in [-0.1, -0.05) is 70.4 Å². The van der Waals surface area contributed by atoms with E-state index in [1.54, 1.807) is 0 Å². The number of carbonyl (C=O) groups is 1. The maximum Gasteiger partial charge on any atom is 0.224 e. The highest BCUT2D eigenvalue weighted by Crippen LogP contribution is 2.36. The molecule has 0 unspecified atom stereocenters. The minimum absolute atomic E-state index is 0.220. The van der Waals surface area contributed by atoms with Crippen molar-refractivity contribution in [3.8, 4) is 0 Å². The summed E-state index contributed by atoms with van der Waals surface area (Å²) in [6.45, 7) is -0.884. The Morgan fingerprint density at radius 2 is 1.13 bits per heavy atom. The molecule has 3 fully saturated rings. The molecule has 318 valence electrons. The first-order valence-electron chi connectivity index (χ1n) is 19.2. The number of carboxylic acids is 1. The quantitative estimate of drug-likeness (QED) is 0.0368. The van der Waals surface area contributed by atoms with Crippen molar-refractivity contribution >= 4 is 5.97 Å². The van der Waals surface area contributed by atoms with Gasteiger partial charge < -0.3 is 89.8 Å². The van der Waals surface area contributed by atoms with Crippen molar-refractivity contribution in [3.63, 3.8) is 0 Å². The molecule has 0 aliphatic carbocycles. The zero-order valence-electron chi connectivity index (χ0n) is 31.2. The summed E-state index contributed by atoms with van der Waals surface area (Å²) in [5.74, 6) is -3.27. The van der Waals surface area contributed by atoms with Gasteiger partial charge in [0.25, 0.3) is 0 Å². The maximum absolute atomic E-state index is 10.3. The Balaban J connectivity index is 0.000000432. The number of rotatable bonds is 23. The largest absolute Gasteiger partial charge is 0.550 e. The zero-order chi connectivity index (χ0) is 40.3. The summed E-state index contributed by atoms with van der Waals surface area (Å²) in [7, 11) is 0. The summed E-state index contributed by atoms with van der Waals surface area (Å²) in [5.41, 5.74) is 0. The molecule has 0 aromatic carbocycles. The monoisotopic (exact) mass is 785 g/mol. The Bertz CT molecular complexity index is 1040. The van der Waals surface area contributed by atoms with Crippen molar-refractivity contribution in [2.75, 3.05) is 26.4 Å². The van der Waals surface area contributed by atoms with Crippen molar-refractivity contribution in [2.45, 2.75) is 182 Å². The van der Waals surface area contributed by atoms with Crippen LogP contribution in [0.2, 0.25) is 0 Å². The van der Waals surface area contributed by atoms with E-state index in [2.05, 4.69) is 19.1 Å². The van der Waals surface area contributed by atoms with Crippen LogP contribution < -0.4 is 5.11 Å². The Kier molecular flexibility index (Phi) is 23.2. The van der Waals surface area contributed by atoms with Crippen LogP contribution in [0.25, 0.3) is 0 Å². The van der Waals surface area contributed by atoms with Crippen LogP contribution in [-0.4, -0.2) is 174 Å². The molecule has 0 amide bonds. The van der Waals surface area contributed by atoms with Crippen molar-refractivity contribution in [1.29, 1.82) is 0 Å². The molecule has 18 nitrogen and oxygen atoms in total. The van der Waals surface area contributed by atoms with E-state index in [1.807, 2.05) is 0 Å². The summed E-state index contributed by atoms with van der Waals surface area (Å²) < 4.78 is 26.4. The summed E-state index contributed by atoms with van der Waals surface area (Å²) in [5, 5.41) is 119. The minimum atomic E-state index is -2.36. The minimum Gasteiger partial charge on any atom is -0.550 e. The van der Waals surface area contributed by atoms with Crippen LogP contribution in [0.5, 0.6) is 0 Å². The van der Waals surface area contributed by atoms with Crippen molar-refractivity contribution in [1.82, 2.24) is 0 Å². The van der Waals surface area contributed by atoms with E-state index in [-0.39, 0.29) is 6.42 Å². The van der Waals surface area contributed by atoms with Gasteiger partial charge in [0.1, 0.15) is 73.8 Å². The fraction of sp³-hybridized carbons (Fsp3) is 0.917. The number of aliphatic hydroxyl groups excluding tert-OH is 11. The van der Waals surface area contributed by atoms with Crippen molar-refractivity contribution < 1.29 is 89.8 Å². The van der Waals surface area contributed by atoms with Gasteiger partial charge in [0.05, 0.1) is 19.8 Å². The van der Waals surface area contributed by atoms with E-state index < -0.39 is 118 Å². The number of carbonyl (C=O) groups excluding carboxylic acids is 1. The third kappa shape index (κ3) is 14.8. The number of hydrogen-bond acceptors (Lipinski definition) is 18. The fourth-order valence-corrected chi connectivity index (χ4v) is 6.35. The number of hydrogen-bond donors (Lipinski definition) is 11. The number of allylic oxidation sites excluding steroid dienone is 2. The lowest BCUT2D eigenvalue weighted by atomic mass is 9.98. The van der Waals surface area contributed by atoms with E-state index >= 15 is 0 Å². The van der Waals surface area contributed by atoms with E-state index in [0.717, 1.165) is 19.3 Å². The molecule has 0 spiro atoms. The van der Waals surface area contributed by atoms with Gasteiger partial charge in [0.2, 0.25) is 5.79 Å². The average Bonchev–Trinajstić information content (AvgIpc) is 3.40. The molecule has 3 aliphatic heterocycles. The summed E-state index contributed by atoms with van der Waals surface area (Å²) in [6, 6.07) is 0. The highest BCUT2D eigenvalue weighted by molar-refractivity contribution is 5.64. The SMILES string of the molecule is CCCCCCCC/C=C\CCCCCCCC(=O)[O-].OC[C@H]1O[C@H](OC[C@H]2O[C@H](O[C@]3(CO)O[C@H](CO)[C@@H](O)[C@@H]3O)[C@H](O)[C@@H](O)[C@@H]2O)[C@H](O)[C@@H](O)[C@H]1O. The normalized spacial score (nSPS) is 37.0. The van der Waals surface area contributed by atoms with Crippen LogP contribution in [0.15, 0.2) is 12.2 Å². The Morgan fingerprint density at radius 3 is 1.65 bits per heavy atom. The first-order chi connectivity index (χ1) is 25.8. The molecule has 54 heavy (non-hydrogen) atoms. The number of carboxylic acid groups (broad SMARTS) is 1. The average molecular weight is 786 g/mol. The third-order valence-corrected chi connectivity index (χ3v) is 9.81. The van der Waals surface area contributed by atoms with Crippen LogP contribution in [0.1, 0.15) is 96.8 Å². The number of aliphatic hydroxyl groups is 11. The Morgan fingerprint density at radius 1 is 0.630 bits per heavy atom. The van der Waals surface area contributed by atoms with Crippen LogP contribution in [-0.2, 0) is 28.5 Å². The van der Waals surface area contributed by atoms with Crippen molar-refractivity contribution in [2.24, 2.45) is 0 Å². The number of aliphatic carboxylic acids is 1. The lowest BCUT2D eigenvalue weighted by molar-refractivity contribution is -0.388. The lowest BCUT2D eigenvalue weighted by Crippen LogP contribution is -2.63. The zero-order valence-corrected chi connectivity index (χ0v) is 31.2. The van der Waals surface area contributed by atoms with Gasteiger partial charge in [-0.3, -0.25) is 0 Å². The second kappa shape index (κ2) is 25.7. The van der Waals surface area contributed by atoms with Crippen LogP contribution in [0.4, 0.5) is 0 Å². The topological polar surface area (TPSA) is 309 Å². The predicted octanol–water partition coefficient (Wildman–Crippen LogP) is -2.80. The smallest absolute Gasteiger partial charge is 0.224 e.